The Kier molecular flexibility index (Phi) is 2.35. The van der Waals surface area contributed by atoms with Gasteiger partial charge in [0.05, 0.1) is 17.3 Å². The fourth-order valence-electron chi connectivity index (χ4n) is 2.52. The molecule has 4 heterocycles. The van der Waals surface area contributed by atoms with Gasteiger partial charge in [0.2, 0.25) is 0 Å². The molecule has 0 amide bonds. The van der Waals surface area contributed by atoms with E-state index in [2.05, 4.69) is 25.3 Å². The summed E-state index contributed by atoms with van der Waals surface area (Å²) in [5.74, 6) is 0.708. The summed E-state index contributed by atoms with van der Waals surface area (Å²) in [5, 5.41) is 14.0. The van der Waals surface area contributed by atoms with Crippen molar-refractivity contribution in [3.8, 4) is 0 Å². The van der Waals surface area contributed by atoms with Crippen molar-refractivity contribution in [2.24, 2.45) is 7.05 Å². The molecule has 0 bridgehead atoms. The zero-order valence-electron chi connectivity index (χ0n) is 12.0. The molecule has 0 fully saturated rings. The predicted octanol–water partition coefficient (Wildman–Crippen LogP) is 0.873. The summed E-state index contributed by atoms with van der Waals surface area (Å²) in [6, 6.07) is 2.04. The second-order valence-corrected chi connectivity index (χ2v) is 5.13. The topological polar surface area (TPSA) is 78.7 Å². The van der Waals surface area contributed by atoms with Crippen molar-refractivity contribution in [2.75, 3.05) is 0 Å². The van der Waals surface area contributed by atoms with Crippen LogP contribution in [-0.4, -0.2) is 39.1 Å². The van der Waals surface area contributed by atoms with Crippen LogP contribution in [0, 0.1) is 13.8 Å². The van der Waals surface area contributed by atoms with Crippen molar-refractivity contribution in [3.63, 3.8) is 0 Å². The normalized spacial score (nSPS) is 11.8. The van der Waals surface area contributed by atoms with E-state index in [4.69, 9.17) is 0 Å². The standard InChI is InChI=1S/C13H14N8/c1-8-4-9(2)20(17-8)6-11-16-13-10-5-15-19(3)12(10)14-7-21(13)18-11/h4-5,7H,6H2,1-3H3. The Morgan fingerprint density at radius 1 is 1.14 bits per heavy atom. The van der Waals surface area contributed by atoms with Crippen LogP contribution in [0.3, 0.4) is 0 Å². The number of fused-ring (bicyclic) bond motifs is 3. The SMILES string of the molecule is Cc1cc(C)n(Cc2nc3c4cnn(C)c4ncn3n2)n1. The first-order chi connectivity index (χ1) is 10.1. The molecule has 0 saturated carbocycles. The molecule has 0 N–H and O–H groups in total. The van der Waals surface area contributed by atoms with Crippen LogP contribution < -0.4 is 0 Å². The summed E-state index contributed by atoms with van der Waals surface area (Å²) >= 11 is 0. The van der Waals surface area contributed by atoms with E-state index in [1.807, 2.05) is 31.6 Å². The molecule has 0 saturated heterocycles. The lowest BCUT2D eigenvalue weighted by Crippen LogP contribution is -2.05. The number of nitrogens with zero attached hydrogens (tertiary/aromatic N) is 8. The molecule has 8 nitrogen and oxygen atoms in total. The Morgan fingerprint density at radius 2 is 2.00 bits per heavy atom. The molecule has 8 heteroatoms. The molecule has 0 radical (unpaired) electrons. The lowest BCUT2D eigenvalue weighted by Gasteiger charge is -1.98. The molecule has 0 aliphatic heterocycles. The van der Waals surface area contributed by atoms with Crippen molar-refractivity contribution in [1.82, 2.24) is 39.1 Å². The molecular weight excluding hydrogens is 268 g/mol. The predicted molar refractivity (Wildman–Crippen MR) is 75.9 cm³/mol. The quantitative estimate of drug-likeness (QED) is 0.545. The van der Waals surface area contributed by atoms with Crippen LogP contribution in [0.4, 0.5) is 0 Å². The monoisotopic (exact) mass is 282 g/mol. The van der Waals surface area contributed by atoms with Crippen LogP contribution in [-0.2, 0) is 13.6 Å². The molecule has 106 valence electrons. The average Bonchev–Trinajstić information content (AvgIpc) is 3.08. The minimum absolute atomic E-state index is 0.545. The molecule has 0 atom stereocenters. The highest BCUT2D eigenvalue weighted by atomic mass is 15.4. The minimum atomic E-state index is 0.545. The molecule has 0 aliphatic carbocycles. The summed E-state index contributed by atoms with van der Waals surface area (Å²) in [4.78, 5) is 8.95. The number of hydrogen-bond acceptors (Lipinski definition) is 5. The Morgan fingerprint density at radius 3 is 2.76 bits per heavy atom. The Bertz CT molecular complexity index is 957. The highest BCUT2D eigenvalue weighted by Crippen LogP contribution is 2.15. The van der Waals surface area contributed by atoms with Gasteiger partial charge in [-0.1, -0.05) is 0 Å². The maximum Gasteiger partial charge on any atom is 0.173 e. The van der Waals surface area contributed by atoms with Crippen LogP contribution in [0.15, 0.2) is 18.6 Å². The fourth-order valence-corrected chi connectivity index (χ4v) is 2.52. The third-order valence-electron chi connectivity index (χ3n) is 3.51. The number of aromatic nitrogens is 8. The number of rotatable bonds is 2. The third kappa shape index (κ3) is 1.79. The van der Waals surface area contributed by atoms with E-state index >= 15 is 0 Å². The number of hydrogen-bond donors (Lipinski definition) is 0. The van der Waals surface area contributed by atoms with Crippen LogP contribution in [0.2, 0.25) is 0 Å². The first kappa shape index (κ1) is 12.0. The Labute approximate surface area is 120 Å². The van der Waals surface area contributed by atoms with Crippen molar-refractivity contribution in [3.05, 3.63) is 35.8 Å². The van der Waals surface area contributed by atoms with E-state index in [1.54, 1.807) is 21.7 Å². The zero-order chi connectivity index (χ0) is 14.6. The van der Waals surface area contributed by atoms with Crippen LogP contribution in [0.1, 0.15) is 17.2 Å². The smallest absolute Gasteiger partial charge is 0.173 e. The van der Waals surface area contributed by atoms with Gasteiger partial charge in [0.15, 0.2) is 17.1 Å². The maximum atomic E-state index is 4.60. The largest absolute Gasteiger partial charge is 0.262 e. The van der Waals surface area contributed by atoms with E-state index in [0.717, 1.165) is 28.1 Å². The molecule has 4 rings (SSSR count). The highest BCUT2D eigenvalue weighted by Gasteiger charge is 2.12. The maximum absolute atomic E-state index is 4.60. The van der Waals surface area contributed by atoms with E-state index in [-0.39, 0.29) is 0 Å². The van der Waals surface area contributed by atoms with Gasteiger partial charge in [-0.2, -0.15) is 10.2 Å². The van der Waals surface area contributed by atoms with Gasteiger partial charge in [0.25, 0.3) is 0 Å². The van der Waals surface area contributed by atoms with Gasteiger partial charge in [-0.25, -0.2) is 14.5 Å². The lowest BCUT2D eigenvalue weighted by atomic mass is 10.4. The molecular formula is C13H14N8. The molecule has 4 aromatic heterocycles. The van der Waals surface area contributed by atoms with Crippen molar-refractivity contribution in [1.29, 1.82) is 0 Å². The van der Waals surface area contributed by atoms with Gasteiger partial charge in [0, 0.05) is 12.7 Å². The molecule has 0 unspecified atom stereocenters. The van der Waals surface area contributed by atoms with Crippen LogP contribution in [0.5, 0.6) is 0 Å². The fraction of sp³-hybridized carbons (Fsp3) is 0.308. The highest BCUT2D eigenvalue weighted by molar-refractivity contribution is 5.88. The first-order valence-electron chi connectivity index (χ1n) is 6.65. The van der Waals surface area contributed by atoms with Crippen molar-refractivity contribution >= 4 is 16.7 Å². The second kappa shape index (κ2) is 4.11. The zero-order valence-corrected chi connectivity index (χ0v) is 12.0. The van der Waals surface area contributed by atoms with Crippen molar-refractivity contribution in [2.45, 2.75) is 20.4 Å². The summed E-state index contributed by atoms with van der Waals surface area (Å²) < 4.78 is 5.31. The first-order valence-corrected chi connectivity index (χ1v) is 6.65. The van der Waals surface area contributed by atoms with Crippen LogP contribution >= 0.6 is 0 Å². The lowest BCUT2D eigenvalue weighted by molar-refractivity contribution is 0.630. The molecule has 21 heavy (non-hydrogen) atoms. The molecule has 0 aromatic carbocycles. The Balaban J connectivity index is 1.83. The summed E-state index contributed by atoms with van der Waals surface area (Å²) in [5.41, 5.74) is 3.65. The summed E-state index contributed by atoms with van der Waals surface area (Å²) in [6.45, 7) is 4.55. The van der Waals surface area contributed by atoms with E-state index in [0.29, 0.717) is 12.4 Å². The van der Waals surface area contributed by atoms with Gasteiger partial charge in [-0.3, -0.25) is 9.36 Å². The number of aryl methyl sites for hydroxylation is 3. The van der Waals surface area contributed by atoms with Gasteiger partial charge >= 0.3 is 0 Å². The van der Waals surface area contributed by atoms with Crippen molar-refractivity contribution < 1.29 is 0 Å². The summed E-state index contributed by atoms with van der Waals surface area (Å²) in [7, 11) is 1.86. The van der Waals surface area contributed by atoms with Gasteiger partial charge in [-0.15, -0.1) is 5.10 Å². The molecule has 4 aromatic rings. The van der Waals surface area contributed by atoms with E-state index < -0.39 is 0 Å². The minimum Gasteiger partial charge on any atom is -0.262 e. The van der Waals surface area contributed by atoms with E-state index in [9.17, 15) is 0 Å². The van der Waals surface area contributed by atoms with Gasteiger partial charge in [-0.05, 0) is 19.9 Å². The summed E-state index contributed by atoms with van der Waals surface area (Å²) in [6.07, 6.45) is 3.43. The third-order valence-corrected chi connectivity index (χ3v) is 3.51. The van der Waals surface area contributed by atoms with Gasteiger partial charge < -0.3 is 0 Å². The van der Waals surface area contributed by atoms with E-state index in [1.165, 1.54) is 0 Å². The van der Waals surface area contributed by atoms with Crippen LogP contribution in [0.25, 0.3) is 16.7 Å². The Hall–Kier alpha value is -2.77. The van der Waals surface area contributed by atoms with Gasteiger partial charge in [0.1, 0.15) is 12.9 Å². The molecule has 0 aliphatic rings. The average molecular weight is 282 g/mol. The molecule has 0 spiro atoms. The second-order valence-electron chi connectivity index (χ2n) is 5.13.